The molecule has 2 aromatic heterocycles. The van der Waals surface area contributed by atoms with Gasteiger partial charge in [0.25, 0.3) is 5.91 Å². The molecule has 7 heteroatoms. The minimum Gasteiger partial charge on any atom is -0.339 e. The SMILES string of the molecule is CCn1c(C2CCN(C(=O)c3ccncc3)CC2)nn(Cc2ccccc2)c1=O. The zero-order valence-electron chi connectivity index (χ0n) is 16.6. The molecule has 0 saturated carbocycles. The van der Waals surface area contributed by atoms with E-state index in [0.29, 0.717) is 31.7 Å². The summed E-state index contributed by atoms with van der Waals surface area (Å²) in [4.78, 5) is 31.3. The van der Waals surface area contributed by atoms with Crippen LogP contribution in [0.4, 0.5) is 0 Å². The number of rotatable bonds is 5. The summed E-state index contributed by atoms with van der Waals surface area (Å²) in [6, 6.07) is 13.4. The molecule has 7 nitrogen and oxygen atoms in total. The lowest BCUT2D eigenvalue weighted by Crippen LogP contribution is -2.38. The molecule has 4 rings (SSSR count). The molecule has 3 heterocycles. The minimum atomic E-state index is -0.0679. The van der Waals surface area contributed by atoms with Crippen LogP contribution in [0.5, 0.6) is 0 Å². The Labute approximate surface area is 169 Å². The first-order valence-electron chi connectivity index (χ1n) is 10.1. The second kappa shape index (κ2) is 8.43. The van der Waals surface area contributed by atoms with E-state index in [-0.39, 0.29) is 17.5 Å². The second-order valence-corrected chi connectivity index (χ2v) is 7.33. The van der Waals surface area contributed by atoms with Crippen molar-refractivity contribution in [3.05, 3.63) is 82.3 Å². The van der Waals surface area contributed by atoms with Gasteiger partial charge in [0.05, 0.1) is 6.54 Å². The van der Waals surface area contributed by atoms with Crippen LogP contribution in [0.15, 0.2) is 59.7 Å². The highest BCUT2D eigenvalue weighted by Gasteiger charge is 2.28. The summed E-state index contributed by atoms with van der Waals surface area (Å²) in [7, 11) is 0. The lowest BCUT2D eigenvalue weighted by atomic mass is 9.95. The van der Waals surface area contributed by atoms with E-state index in [9.17, 15) is 9.59 Å². The van der Waals surface area contributed by atoms with Crippen molar-refractivity contribution in [1.82, 2.24) is 24.2 Å². The van der Waals surface area contributed by atoms with Gasteiger partial charge < -0.3 is 4.90 Å². The Balaban J connectivity index is 1.49. The lowest BCUT2D eigenvalue weighted by Gasteiger charge is -2.31. The molecule has 0 spiro atoms. The average Bonchev–Trinajstić information content (AvgIpc) is 3.10. The Morgan fingerprint density at radius 1 is 1.07 bits per heavy atom. The number of carbonyl (C=O) groups excluding carboxylic acids is 1. The summed E-state index contributed by atoms with van der Waals surface area (Å²) in [6.07, 6.45) is 4.88. The summed E-state index contributed by atoms with van der Waals surface area (Å²) >= 11 is 0. The van der Waals surface area contributed by atoms with Crippen LogP contribution in [0.25, 0.3) is 0 Å². The van der Waals surface area contributed by atoms with Gasteiger partial charge in [0.15, 0.2) is 0 Å². The Kier molecular flexibility index (Phi) is 5.55. The first-order valence-corrected chi connectivity index (χ1v) is 10.1. The van der Waals surface area contributed by atoms with Crippen LogP contribution in [0.3, 0.4) is 0 Å². The van der Waals surface area contributed by atoms with Gasteiger partial charge in [-0.05, 0) is 37.5 Å². The van der Waals surface area contributed by atoms with Gasteiger partial charge in [-0.25, -0.2) is 9.48 Å². The number of hydrogen-bond acceptors (Lipinski definition) is 4. The zero-order valence-corrected chi connectivity index (χ0v) is 16.6. The van der Waals surface area contributed by atoms with E-state index < -0.39 is 0 Å². The van der Waals surface area contributed by atoms with Crippen LogP contribution < -0.4 is 5.69 Å². The molecule has 1 saturated heterocycles. The van der Waals surface area contributed by atoms with Gasteiger partial charge in [0, 0.05) is 43.5 Å². The Hall–Kier alpha value is -3.22. The molecule has 0 aliphatic carbocycles. The number of nitrogens with zero attached hydrogens (tertiary/aromatic N) is 5. The number of hydrogen-bond donors (Lipinski definition) is 0. The fourth-order valence-electron chi connectivity index (χ4n) is 3.93. The molecule has 1 aliphatic heterocycles. The standard InChI is InChI=1S/C22H25N5O2/c1-2-26-20(24-27(22(26)29)16-17-6-4-3-5-7-17)18-10-14-25(15-11-18)21(28)19-8-12-23-13-9-19/h3-9,12-13,18H,2,10-11,14-16H2,1H3. The predicted octanol–water partition coefficient (Wildman–Crippen LogP) is 2.53. The summed E-state index contributed by atoms with van der Waals surface area (Å²) < 4.78 is 3.33. The Morgan fingerprint density at radius 3 is 2.41 bits per heavy atom. The molecule has 150 valence electrons. The van der Waals surface area contributed by atoms with Crippen molar-refractivity contribution in [2.75, 3.05) is 13.1 Å². The van der Waals surface area contributed by atoms with E-state index in [1.807, 2.05) is 42.2 Å². The van der Waals surface area contributed by atoms with E-state index in [0.717, 1.165) is 24.2 Å². The molecule has 1 amide bonds. The van der Waals surface area contributed by atoms with Gasteiger partial charge in [0.2, 0.25) is 0 Å². The van der Waals surface area contributed by atoms with Crippen molar-refractivity contribution < 1.29 is 4.79 Å². The van der Waals surface area contributed by atoms with Crippen molar-refractivity contribution in [2.45, 2.75) is 38.8 Å². The summed E-state index contributed by atoms with van der Waals surface area (Å²) in [5.41, 5.74) is 1.65. The number of benzene rings is 1. The van der Waals surface area contributed by atoms with Crippen molar-refractivity contribution in [2.24, 2.45) is 0 Å². The van der Waals surface area contributed by atoms with E-state index >= 15 is 0 Å². The van der Waals surface area contributed by atoms with Crippen LogP contribution in [0.2, 0.25) is 0 Å². The summed E-state index contributed by atoms with van der Waals surface area (Å²) in [5, 5.41) is 4.68. The summed E-state index contributed by atoms with van der Waals surface area (Å²) in [6.45, 7) is 4.37. The third-order valence-corrected chi connectivity index (χ3v) is 5.52. The van der Waals surface area contributed by atoms with Gasteiger partial charge in [-0.2, -0.15) is 5.10 Å². The molecule has 29 heavy (non-hydrogen) atoms. The number of likely N-dealkylation sites (tertiary alicyclic amines) is 1. The Morgan fingerprint density at radius 2 is 1.76 bits per heavy atom. The zero-order chi connectivity index (χ0) is 20.2. The molecular weight excluding hydrogens is 366 g/mol. The van der Waals surface area contributed by atoms with Crippen molar-refractivity contribution in [3.8, 4) is 0 Å². The smallest absolute Gasteiger partial charge is 0.339 e. The lowest BCUT2D eigenvalue weighted by molar-refractivity contribution is 0.0710. The minimum absolute atomic E-state index is 0.0355. The van der Waals surface area contributed by atoms with E-state index in [1.165, 1.54) is 0 Å². The van der Waals surface area contributed by atoms with E-state index in [4.69, 9.17) is 0 Å². The van der Waals surface area contributed by atoms with Gasteiger partial charge >= 0.3 is 5.69 Å². The molecule has 1 fully saturated rings. The third-order valence-electron chi connectivity index (χ3n) is 5.52. The normalized spacial score (nSPS) is 14.9. The molecular formula is C22H25N5O2. The number of amides is 1. The summed E-state index contributed by atoms with van der Waals surface area (Å²) in [5.74, 6) is 1.05. The van der Waals surface area contributed by atoms with Crippen LogP contribution in [-0.2, 0) is 13.1 Å². The maximum absolute atomic E-state index is 12.8. The number of aromatic nitrogens is 4. The topological polar surface area (TPSA) is 73.0 Å². The largest absolute Gasteiger partial charge is 0.346 e. The maximum atomic E-state index is 12.8. The highest BCUT2D eigenvalue weighted by molar-refractivity contribution is 5.94. The fraction of sp³-hybridized carbons (Fsp3) is 0.364. The number of carbonyl (C=O) groups is 1. The van der Waals surface area contributed by atoms with Crippen LogP contribution in [0.1, 0.15) is 47.4 Å². The van der Waals surface area contributed by atoms with Crippen LogP contribution >= 0.6 is 0 Å². The first-order chi connectivity index (χ1) is 14.2. The molecule has 0 atom stereocenters. The Bertz CT molecular complexity index is 1020. The molecule has 0 unspecified atom stereocenters. The second-order valence-electron chi connectivity index (χ2n) is 7.33. The molecule has 0 N–H and O–H groups in total. The van der Waals surface area contributed by atoms with Gasteiger partial charge in [0.1, 0.15) is 5.82 Å². The van der Waals surface area contributed by atoms with Gasteiger partial charge in [-0.15, -0.1) is 0 Å². The van der Waals surface area contributed by atoms with Crippen molar-refractivity contribution >= 4 is 5.91 Å². The maximum Gasteiger partial charge on any atom is 0.346 e. The monoisotopic (exact) mass is 391 g/mol. The molecule has 1 aliphatic rings. The molecule has 0 bridgehead atoms. The number of pyridine rings is 1. The van der Waals surface area contributed by atoms with Gasteiger partial charge in [-0.1, -0.05) is 30.3 Å². The third kappa shape index (κ3) is 3.99. The van der Waals surface area contributed by atoms with Crippen LogP contribution in [-0.4, -0.2) is 43.2 Å². The van der Waals surface area contributed by atoms with Gasteiger partial charge in [-0.3, -0.25) is 14.3 Å². The predicted molar refractivity (Wildman–Crippen MR) is 110 cm³/mol. The first kappa shape index (κ1) is 19.1. The average molecular weight is 391 g/mol. The van der Waals surface area contributed by atoms with Crippen LogP contribution in [0, 0.1) is 0 Å². The van der Waals surface area contributed by atoms with E-state index in [1.54, 1.807) is 33.8 Å². The molecule has 0 radical (unpaired) electrons. The molecule has 1 aromatic carbocycles. The number of piperidine rings is 1. The quantitative estimate of drug-likeness (QED) is 0.670. The highest BCUT2D eigenvalue weighted by Crippen LogP contribution is 2.27. The highest BCUT2D eigenvalue weighted by atomic mass is 16.2. The fourth-order valence-corrected chi connectivity index (χ4v) is 3.93. The van der Waals surface area contributed by atoms with Crippen molar-refractivity contribution in [1.29, 1.82) is 0 Å². The van der Waals surface area contributed by atoms with Crippen molar-refractivity contribution in [3.63, 3.8) is 0 Å². The molecule has 3 aromatic rings. The van der Waals surface area contributed by atoms with E-state index in [2.05, 4.69) is 10.1 Å².